The average molecular weight is 270 g/mol. The lowest BCUT2D eigenvalue weighted by molar-refractivity contribution is 0.669. The molecule has 3 nitrogen and oxygen atoms in total. The van der Waals surface area contributed by atoms with Crippen molar-refractivity contribution in [3.05, 3.63) is 61.1 Å². The van der Waals surface area contributed by atoms with Crippen molar-refractivity contribution in [1.82, 2.24) is 9.97 Å². The maximum atomic E-state index is 6.05. The monoisotopic (exact) mass is 270 g/mol. The standard InChI is InChI=1S/C18H10N2O/c1-3-7-13-11(5-1)12-6-2-4-8-14(12)18-16(13)17-15(21-18)9-19-10-20-17/h1-10H. The Morgan fingerprint density at radius 1 is 0.762 bits per heavy atom. The highest BCUT2D eigenvalue weighted by molar-refractivity contribution is 6.29. The number of hydrogen-bond donors (Lipinski definition) is 0. The molecule has 0 N–H and O–H groups in total. The van der Waals surface area contributed by atoms with Gasteiger partial charge in [-0.3, -0.25) is 0 Å². The van der Waals surface area contributed by atoms with E-state index < -0.39 is 0 Å². The molecule has 0 aliphatic heterocycles. The van der Waals surface area contributed by atoms with Crippen LogP contribution < -0.4 is 0 Å². The van der Waals surface area contributed by atoms with Crippen molar-refractivity contribution >= 4 is 43.6 Å². The molecule has 0 aliphatic carbocycles. The Morgan fingerprint density at radius 3 is 2.24 bits per heavy atom. The lowest BCUT2D eigenvalue weighted by atomic mass is 9.98. The second kappa shape index (κ2) is 3.79. The summed E-state index contributed by atoms with van der Waals surface area (Å²) in [6, 6.07) is 16.7. The van der Waals surface area contributed by atoms with Crippen LogP contribution in [0.3, 0.4) is 0 Å². The molecule has 0 aliphatic rings. The molecule has 2 aromatic heterocycles. The van der Waals surface area contributed by atoms with Gasteiger partial charge in [0.25, 0.3) is 0 Å². The number of fused-ring (bicyclic) bond motifs is 8. The van der Waals surface area contributed by atoms with Gasteiger partial charge >= 0.3 is 0 Å². The quantitative estimate of drug-likeness (QED) is 0.383. The lowest BCUT2D eigenvalue weighted by Gasteiger charge is -2.05. The molecule has 0 fully saturated rings. The van der Waals surface area contributed by atoms with E-state index in [1.54, 1.807) is 12.5 Å². The summed E-state index contributed by atoms with van der Waals surface area (Å²) in [5.74, 6) is 0. The molecule has 0 bridgehead atoms. The molecule has 0 saturated carbocycles. The molecular weight excluding hydrogens is 260 g/mol. The van der Waals surface area contributed by atoms with Gasteiger partial charge in [-0.05, 0) is 16.2 Å². The molecule has 0 saturated heterocycles. The van der Waals surface area contributed by atoms with Gasteiger partial charge in [-0.1, -0.05) is 48.5 Å². The number of rotatable bonds is 0. The van der Waals surface area contributed by atoms with Crippen LogP contribution in [-0.2, 0) is 0 Å². The minimum atomic E-state index is 0.731. The van der Waals surface area contributed by atoms with Crippen molar-refractivity contribution in [3.8, 4) is 0 Å². The topological polar surface area (TPSA) is 38.9 Å². The zero-order valence-electron chi connectivity index (χ0n) is 11.1. The van der Waals surface area contributed by atoms with Gasteiger partial charge in [0.2, 0.25) is 0 Å². The third-order valence-electron chi connectivity index (χ3n) is 4.01. The molecule has 0 spiro atoms. The zero-order valence-corrected chi connectivity index (χ0v) is 11.1. The first-order chi connectivity index (χ1) is 10.4. The van der Waals surface area contributed by atoms with Crippen molar-refractivity contribution in [1.29, 1.82) is 0 Å². The number of nitrogens with zero attached hydrogens (tertiary/aromatic N) is 2. The summed E-state index contributed by atoms with van der Waals surface area (Å²) in [5, 5.41) is 5.78. The molecular formula is C18H10N2O. The van der Waals surface area contributed by atoms with E-state index in [1.807, 2.05) is 6.07 Å². The highest BCUT2D eigenvalue weighted by atomic mass is 16.3. The zero-order chi connectivity index (χ0) is 13.8. The molecule has 3 heteroatoms. The fourth-order valence-electron chi connectivity index (χ4n) is 3.14. The fraction of sp³-hybridized carbons (Fsp3) is 0. The summed E-state index contributed by atoms with van der Waals surface area (Å²) in [6.07, 6.45) is 3.30. The predicted molar refractivity (Wildman–Crippen MR) is 84.3 cm³/mol. The second-order valence-electron chi connectivity index (χ2n) is 5.13. The molecule has 5 aromatic rings. The van der Waals surface area contributed by atoms with Crippen LogP contribution in [0.5, 0.6) is 0 Å². The summed E-state index contributed by atoms with van der Waals surface area (Å²) < 4.78 is 6.05. The normalized spacial score (nSPS) is 11.8. The van der Waals surface area contributed by atoms with Crippen LogP contribution in [0.1, 0.15) is 0 Å². The van der Waals surface area contributed by atoms with Gasteiger partial charge in [0, 0.05) is 5.39 Å². The summed E-state index contributed by atoms with van der Waals surface area (Å²) >= 11 is 0. The largest absolute Gasteiger partial charge is 0.452 e. The van der Waals surface area contributed by atoms with Crippen LogP contribution in [0.2, 0.25) is 0 Å². The van der Waals surface area contributed by atoms with E-state index in [0.29, 0.717) is 0 Å². The molecule has 0 radical (unpaired) electrons. The smallest absolute Gasteiger partial charge is 0.172 e. The van der Waals surface area contributed by atoms with E-state index in [2.05, 4.69) is 52.4 Å². The second-order valence-corrected chi connectivity index (χ2v) is 5.13. The molecule has 0 amide bonds. The third-order valence-corrected chi connectivity index (χ3v) is 4.01. The van der Waals surface area contributed by atoms with Gasteiger partial charge in [-0.15, -0.1) is 0 Å². The number of hydrogen-bond acceptors (Lipinski definition) is 3. The Balaban J connectivity index is 2.25. The van der Waals surface area contributed by atoms with Crippen LogP contribution >= 0.6 is 0 Å². The highest BCUT2D eigenvalue weighted by Crippen LogP contribution is 2.39. The Morgan fingerprint density at radius 2 is 1.43 bits per heavy atom. The minimum absolute atomic E-state index is 0.731. The van der Waals surface area contributed by atoms with E-state index in [1.165, 1.54) is 16.2 Å². The van der Waals surface area contributed by atoms with E-state index in [-0.39, 0.29) is 0 Å². The highest BCUT2D eigenvalue weighted by Gasteiger charge is 2.15. The van der Waals surface area contributed by atoms with Crippen molar-refractivity contribution in [3.63, 3.8) is 0 Å². The molecule has 98 valence electrons. The molecule has 0 unspecified atom stereocenters. The van der Waals surface area contributed by atoms with Crippen molar-refractivity contribution < 1.29 is 4.42 Å². The lowest BCUT2D eigenvalue weighted by Crippen LogP contribution is -1.81. The van der Waals surface area contributed by atoms with Crippen LogP contribution in [-0.4, -0.2) is 9.97 Å². The van der Waals surface area contributed by atoms with Crippen molar-refractivity contribution in [2.45, 2.75) is 0 Å². The maximum Gasteiger partial charge on any atom is 0.172 e. The van der Waals surface area contributed by atoms with Crippen LogP contribution in [0.15, 0.2) is 65.5 Å². The van der Waals surface area contributed by atoms with E-state index >= 15 is 0 Å². The van der Waals surface area contributed by atoms with Gasteiger partial charge in [-0.2, -0.15) is 0 Å². The first-order valence-corrected chi connectivity index (χ1v) is 6.85. The summed E-state index contributed by atoms with van der Waals surface area (Å²) in [7, 11) is 0. The molecule has 5 rings (SSSR count). The van der Waals surface area contributed by atoms with Crippen molar-refractivity contribution in [2.24, 2.45) is 0 Å². The fourth-order valence-corrected chi connectivity index (χ4v) is 3.14. The van der Waals surface area contributed by atoms with E-state index in [4.69, 9.17) is 4.42 Å². The molecule has 21 heavy (non-hydrogen) atoms. The Hall–Kier alpha value is -2.94. The van der Waals surface area contributed by atoms with E-state index in [0.717, 1.165) is 27.5 Å². The summed E-state index contributed by atoms with van der Waals surface area (Å²) in [4.78, 5) is 8.48. The maximum absolute atomic E-state index is 6.05. The number of aromatic nitrogens is 2. The predicted octanol–water partition coefficient (Wildman–Crippen LogP) is 4.68. The van der Waals surface area contributed by atoms with Gasteiger partial charge in [0.15, 0.2) is 5.58 Å². The molecule has 2 heterocycles. The number of benzene rings is 3. The summed E-state index contributed by atoms with van der Waals surface area (Å²) in [5.41, 5.74) is 2.50. The molecule has 0 atom stereocenters. The summed E-state index contributed by atoms with van der Waals surface area (Å²) in [6.45, 7) is 0. The average Bonchev–Trinajstić information content (AvgIpc) is 2.95. The Bertz CT molecular complexity index is 1140. The Labute approximate surface area is 119 Å². The van der Waals surface area contributed by atoms with Gasteiger partial charge < -0.3 is 4.42 Å². The van der Waals surface area contributed by atoms with Gasteiger partial charge in [0.1, 0.15) is 17.4 Å². The van der Waals surface area contributed by atoms with E-state index in [9.17, 15) is 0 Å². The number of furan rings is 1. The first-order valence-electron chi connectivity index (χ1n) is 6.85. The molecule has 3 aromatic carbocycles. The van der Waals surface area contributed by atoms with Crippen LogP contribution in [0.4, 0.5) is 0 Å². The van der Waals surface area contributed by atoms with Gasteiger partial charge in [0.05, 0.1) is 11.6 Å². The van der Waals surface area contributed by atoms with Gasteiger partial charge in [-0.25, -0.2) is 9.97 Å². The Kier molecular flexibility index (Phi) is 1.95. The van der Waals surface area contributed by atoms with Crippen LogP contribution in [0.25, 0.3) is 43.6 Å². The van der Waals surface area contributed by atoms with Crippen molar-refractivity contribution in [2.75, 3.05) is 0 Å². The van der Waals surface area contributed by atoms with Crippen LogP contribution in [0, 0.1) is 0 Å². The first kappa shape index (κ1) is 10.8. The SMILES string of the molecule is c1ccc2c(c1)c1ccccc1c1c3ncncc3oc21. The third kappa shape index (κ3) is 1.32. The minimum Gasteiger partial charge on any atom is -0.452 e.